The first-order valence-corrected chi connectivity index (χ1v) is 7.17. The lowest BCUT2D eigenvalue weighted by atomic mass is 9.93. The summed E-state index contributed by atoms with van der Waals surface area (Å²) in [6.07, 6.45) is 3.59. The molecule has 1 fully saturated rings. The molecule has 1 saturated carbocycles. The van der Waals surface area contributed by atoms with Crippen LogP contribution in [0.3, 0.4) is 0 Å². The third-order valence-electron chi connectivity index (χ3n) is 3.83. The maximum atomic E-state index is 9.57. The SMILES string of the molecule is CCNC(C)(CO)CC(C)N(CCOC)C1CC1. The van der Waals surface area contributed by atoms with Crippen LogP contribution in [0, 0.1) is 0 Å². The van der Waals surface area contributed by atoms with E-state index in [2.05, 4.69) is 31.0 Å². The van der Waals surface area contributed by atoms with Crippen LogP contribution < -0.4 is 5.32 Å². The van der Waals surface area contributed by atoms with Gasteiger partial charge in [-0.15, -0.1) is 0 Å². The van der Waals surface area contributed by atoms with Crippen molar-refractivity contribution in [3.05, 3.63) is 0 Å². The standard InChI is InChI=1S/C14H30N2O2/c1-5-15-14(3,11-17)10-12(2)16(8-9-18-4)13-6-7-13/h12-13,15,17H,5-11H2,1-4H3. The van der Waals surface area contributed by atoms with Crippen molar-refractivity contribution in [2.24, 2.45) is 0 Å². The molecule has 108 valence electrons. The molecule has 18 heavy (non-hydrogen) atoms. The summed E-state index contributed by atoms with van der Waals surface area (Å²) in [6.45, 7) is 9.32. The van der Waals surface area contributed by atoms with Crippen LogP contribution in [0.15, 0.2) is 0 Å². The van der Waals surface area contributed by atoms with Gasteiger partial charge in [0.05, 0.1) is 13.2 Å². The van der Waals surface area contributed by atoms with Gasteiger partial charge in [-0.1, -0.05) is 6.92 Å². The van der Waals surface area contributed by atoms with Gasteiger partial charge >= 0.3 is 0 Å². The van der Waals surface area contributed by atoms with Crippen molar-refractivity contribution in [3.8, 4) is 0 Å². The highest BCUT2D eigenvalue weighted by atomic mass is 16.5. The Morgan fingerprint density at radius 2 is 2.17 bits per heavy atom. The Balaban J connectivity index is 2.50. The minimum absolute atomic E-state index is 0.172. The van der Waals surface area contributed by atoms with Crippen LogP contribution in [0.25, 0.3) is 0 Å². The predicted octanol–water partition coefficient (Wildman–Crippen LogP) is 1.24. The Morgan fingerprint density at radius 1 is 1.50 bits per heavy atom. The van der Waals surface area contributed by atoms with E-state index in [-0.39, 0.29) is 12.1 Å². The van der Waals surface area contributed by atoms with E-state index in [0.717, 1.165) is 32.2 Å². The Morgan fingerprint density at radius 3 is 2.61 bits per heavy atom. The molecule has 2 N–H and O–H groups in total. The molecule has 1 aliphatic rings. The molecule has 1 aliphatic carbocycles. The first-order valence-electron chi connectivity index (χ1n) is 7.17. The summed E-state index contributed by atoms with van der Waals surface area (Å²) in [6, 6.07) is 1.21. The number of nitrogens with one attached hydrogen (secondary N) is 1. The second kappa shape index (κ2) is 7.43. The molecule has 0 aliphatic heterocycles. The van der Waals surface area contributed by atoms with Crippen molar-refractivity contribution in [1.29, 1.82) is 0 Å². The minimum atomic E-state index is -0.172. The zero-order valence-corrected chi connectivity index (χ0v) is 12.4. The number of nitrogens with zero attached hydrogens (tertiary/aromatic N) is 1. The summed E-state index contributed by atoms with van der Waals surface area (Å²) in [4.78, 5) is 2.54. The number of hydrogen-bond donors (Lipinski definition) is 2. The van der Waals surface area contributed by atoms with E-state index in [4.69, 9.17) is 4.74 Å². The van der Waals surface area contributed by atoms with Gasteiger partial charge in [0.1, 0.15) is 0 Å². The Bertz CT molecular complexity index is 234. The van der Waals surface area contributed by atoms with Crippen molar-refractivity contribution in [2.45, 2.75) is 57.7 Å². The number of hydrogen-bond acceptors (Lipinski definition) is 4. The smallest absolute Gasteiger partial charge is 0.0611 e. The fourth-order valence-electron chi connectivity index (χ4n) is 2.75. The van der Waals surface area contributed by atoms with Crippen LogP contribution >= 0.6 is 0 Å². The van der Waals surface area contributed by atoms with E-state index in [0.29, 0.717) is 6.04 Å². The van der Waals surface area contributed by atoms with E-state index in [1.54, 1.807) is 7.11 Å². The molecule has 1 rings (SSSR count). The van der Waals surface area contributed by atoms with E-state index in [9.17, 15) is 5.11 Å². The van der Waals surface area contributed by atoms with Crippen LogP contribution in [-0.2, 0) is 4.74 Å². The highest BCUT2D eigenvalue weighted by Gasteiger charge is 2.35. The molecular formula is C14H30N2O2. The Hall–Kier alpha value is -0.160. The van der Waals surface area contributed by atoms with Crippen molar-refractivity contribution >= 4 is 0 Å². The van der Waals surface area contributed by atoms with Crippen molar-refractivity contribution in [1.82, 2.24) is 10.2 Å². The van der Waals surface area contributed by atoms with Crippen LogP contribution in [0.4, 0.5) is 0 Å². The first kappa shape index (κ1) is 15.9. The van der Waals surface area contributed by atoms with Crippen LogP contribution in [0.2, 0.25) is 0 Å². The molecule has 0 spiro atoms. The highest BCUT2D eigenvalue weighted by molar-refractivity contribution is 4.92. The molecule has 4 heteroatoms. The second-order valence-corrected chi connectivity index (χ2v) is 5.76. The number of aliphatic hydroxyl groups excluding tert-OH is 1. The van der Waals surface area contributed by atoms with Gasteiger partial charge in [0.2, 0.25) is 0 Å². The van der Waals surface area contributed by atoms with Gasteiger partial charge in [-0.3, -0.25) is 4.90 Å². The van der Waals surface area contributed by atoms with E-state index in [1.807, 2.05) is 0 Å². The lowest BCUT2D eigenvalue weighted by molar-refractivity contribution is 0.0853. The van der Waals surface area contributed by atoms with Gasteiger partial charge in [0, 0.05) is 31.3 Å². The summed E-state index contributed by atoms with van der Waals surface area (Å²) in [5.41, 5.74) is -0.172. The van der Waals surface area contributed by atoms with E-state index < -0.39 is 0 Å². The lowest BCUT2D eigenvalue weighted by Crippen LogP contribution is -2.51. The second-order valence-electron chi connectivity index (χ2n) is 5.76. The lowest BCUT2D eigenvalue weighted by Gasteiger charge is -2.37. The first-order chi connectivity index (χ1) is 8.56. The monoisotopic (exact) mass is 258 g/mol. The van der Waals surface area contributed by atoms with Gasteiger partial charge < -0.3 is 15.2 Å². The predicted molar refractivity (Wildman–Crippen MR) is 74.9 cm³/mol. The molecule has 0 saturated heterocycles. The fraction of sp³-hybridized carbons (Fsp3) is 1.00. The molecule has 2 atom stereocenters. The quantitative estimate of drug-likeness (QED) is 0.619. The van der Waals surface area contributed by atoms with Crippen LogP contribution in [0.1, 0.15) is 40.0 Å². The third-order valence-corrected chi connectivity index (χ3v) is 3.83. The molecule has 0 heterocycles. The summed E-state index contributed by atoms with van der Waals surface area (Å²) >= 11 is 0. The van der Waals surface area contributed by atoms with Crippen molar-refractivity contribution in [3.63, 3.8) is 0 Å². The Kier molecular flexibility index (Phi) is 6.57. The zero-order valence-electron chi connectivity index (χ0n) is 12.4. The minimum Gasteiger partial charge on any atom is -0.394 e. The van der Waals surface area contributed by atoms with Gasteiger partial charge in [-0.2, -0.15) is 0 Å². The molecule has 2 unspecified atom stereocenters. The number of rotatable bonds is 10. The van der Waals surface area contributed by atoms with Crippen LogP contribution in [-0.4, -0.2) is 61.0 Å². The highest BCUT2D eigenvalue weighted by Crippen LogP contribution is 2.30. The molecule has 0 radical (unpaired) electrons. The average molecular weight is 258 g/mol. The van der Waals surface area contributed by atoms with Crippen molar-refractivity contribution < 1.29 is 9.84 Å². The van der Waals surface area contributed by atoms with E-state index in [1.165, 1.54) is 12.8 Å². The van der Waals surface area contributed by atoms with Gasteiger partial charge in [-0.25, -0.2) is 0 Å². The number of aliphatic hydroxyl groups is 1. The molecular weight excluding hydrogens is 228 g/mol. The van der Waals surface area contributed by atoms with Crippen molar-refractivity contribution in [2.75, 3.05) is 33.4 Å². The topological polar surface area (TPSA) is 44.7 Å². The summed E-state index contributed by atoms with van der Waals surface area (Å²) in [5, 5.41) is 13.0. The van der Waals surface area contributed by atoms with Gasteiger partial charge in [0.25, 0.3) is 0 Å². The molecule has 0 amide bonds. The van der Waals surface area contributed by atoms with Crippen LogP contribution in [0.5, 0.6) is 0 Å². The normalized spacial score (nSPS) is 21.0. The fourth-order valence-corrected chi connectivity index (χ4v) is 2.75. The number of ether oxygens (including phenoxy) is 1. The van der Waals surface area contributed by atoms with Gasteiger partial charge in [-0.05, 0) is 39.7 Å². The summed E-state index contributed by atoms with van der Waals surface area (Å²) < 4.78 is 5.20. The molecule has 0 aromatic carbocycles. The summed E-state index contributed by atoms with van der Waals surface area (Å²) in [7, 11) is 1.76. The third kappa shape index (κ3) is 4.84. The number of likely N-dealkylation sites (N-methyl/N-ethyl adjacent to an activating group) is 1. The molecule has 0 bridgehead atoms. The average Bonchev–Trinajstić information content (AvgIpc) is 3.14. The maximum absolute atomic E-state index is 9.57. The number of methoxy groups -OCH3 is 1. The maximum Gasteiger partial charge on any atom is 0.0611 e. The molecule has 0 aromatic rings. The Labute approximate surface area is 112 Å². The molecule has 4 nitrogen and oxygen atoms in total. The largest absolute Gasteiger partial charge is 0.394 e. The summed E-state index contributed by atoms with van der Waals surface area (Å²) in [5.74, 6) is 0. The zero-order chi connectivity index (χ0) is 13.6. The van der Waals surface area contributed by atoms with E-state index >= 15 is 0 Å². The molecule has 0 aromatic heterocycles. The van der Waals surface area contributed by atoms with Gasteiger partial charge in [0.15, 0.2) is 0 Å².